The van der Waals surface area contributed by atoms with Crippen molar-refractivity contribution in [1.29, 1.82) is 0 Å². The summed E-state index contributed by atoms with van der Waals surface area (Å²) in [5.74, 6) is 1.26. The molecule has 3 heteroatoms. The number of carbonyl (C=O) groups is 1. The second-order valence-electron chi connectivity index (χ2n) is 4.54. The Morgan fingerprint density at radius 2 is 2.08 bits per heavy atom. The fraction of sp³-hybridized carbons (Fsp3) is 0.900. The Kier molecular flexibility index (Phi) is 2.06. The predicted molar refractivity (Wildman–Crippen MR) is 51.0 cm³/mol. The van der Waals surface area contributed by atoms with E-state index in [1.165, 1.54) is 0 Å². The van der Waals surface area contributed by atoms with Gasteiger partial charge in [0, 0.05) is 24.5 Å². The lowest BCUT2D eigenvalue weighted by atomic mass is 10.1. The molecule has 2 fully saturated rings. The summed E-state index contributed by atoms with van der Waals surface area (Å²) in [6.07, 6.45) is 2.05. The van der Waals surface area contributed by atoms with E-state index in [1.807, 2.05) is 4.90 Å². The number of hydrogen-bond acceptors (Lipinski definition) is 2. The molecular formula is C10H18N2O. The highest BCUT2D eigenvalue weighted by Gasteiger charge is 2.44. The summed E-state index contributed by atoms with van der Waals surface area (Å²) in [4.78, 5) is 13.8. The molecule has 1 amide bonds. The maximum absolute atomic E-state index is 11.8. The smallest absolute Gasteiger partial charge is 0.226 e. The summed E-state index contributed by atoms with van der Waals surface area (Å²) in [6, 6.07) is 0.443. The van der Waals surface area contributed by atoms with Crippen LogP contribution >= 0.6 is 0 Å². The van der Waals surface area contributed by atoms with E-state index < -0.39 is 0 Å². The van der Waals surface area contributed by atoms with Gasteiger partial charge in [-0.15, -0.1) is 0 Å². The third kappa shape index (κ3) is 1.46. The Balaban J connectivity index is 1.97. The van der Waals surface area contributed by atoms with Gasteiger partial charge < -0.3 is 10.6 Å². The van der Waals surface area contributed by atoms with Crippen LogP contribution in [0.1, 0.15) is 26.7 Å². The van der Waals surface area contributed by atoms with E-state index >= 15 is 0 Å². The van der Waals surface area contributed by atoms with Gasteiger partial charge in [-0.05, 0) is 25.7 Å². The molecule has 0 aromatic rings. The van der Waals surface area contributed by atoms with E-state index in [0.29, 0.717) is 17.7 Å². The van der Waals surface area contributed by atoms with Crippen molar-refractivity contribution in [3.05, 3.63) is 0 Å². The molecule has 2 rings (SSSR count). The fourth-order valence-electron chi connectivity index (χ4n) is 2.15. The highest BCUT2D eigenvalue weighted by atomic mass is 16.2. The van der Waals surface area contributed by atoms with Crippen molar-refractivity contribution in [2.24, 2.45) is 17.6 Å². The van der Waals surface area contributed by atoms with Gasteiger partial charge in [0.25, 0.3) is 0 Å². The maximum atomic E-state index is 11.8. The van der Waals surface area contributed by atoms with Crippen LogP contribution in [0.15, 0.2) is 0 Å². The molecule has 4 atom stereocenters. The first-order valence-corrected chi connectivity index (χ1v) is 5.17. The number of likely N-dealkylation sites (tertiary alicyclic amines) is 1. The highest BCUT2D eigenvalue weighted by molar-refractivity contribution is 5.82. The third-order valence-corrected chi connectivity index (χ3v) is 3.52. The summed E-state index contributed by atoms with van der Waals surface area (Å²) >= 11 is 0. The average Bonchev–Trinajstić information content (AvgIpc) is 2.73. The molecule has 3 nitrogen and oxygen atoms in total. The number of hydrogen-bond donors (Lipinski definition) is 1. The van der Waals surface area contributed by atoms with Gasteiger partial charge in [-0.1, -0.05) is 6.92 Å². The Hall–Kier alpha value is -0.570. The zero-order valence-electron chi connectivity index (χ0n) is 8.36. The number of carbonyl (C=O) groups excluding carboxylic acids is 1. The van der Waals surface area contributed by atoms with E-state index in [0.717, 1.165) is 19.4 Å². The van der Waals surface area contributed by atoms with Gasteiger partial charge in [-0.2, -0.15) is 0 Å². The summed E-state index contributed by atoms with van der Waals surface area (Å²) < 4.78 is 0. The quantitative estimate of drug-likeness (QED) is 0.645. The van der Waals surface area contributed by atoms with Gasteiger partial charge >= 0.3 is 0 Å². The minimum Gasteiger partial charge on any atom is -0.338 e. The Morgan fingerprint density at radius 3 is 2.46 bits per heavy atom. The summed E-state index contributed by atoms with van der Waals surface area (Å²) in [5.41, 5.74) is 5.87. The molecule has 2 aliphatic rings. The van der Waals surface area contributed by atoms with E-state index in [1.54, 1.807) is 0 Å². The van der Waals surface area contributed by atoms with E-state index in [2.05, 4.69) is 13.8 Å². The van der Waals surface area contributed by atoms with Crippen LogP contribution in [0.25, 0.3) is 0 Å². The molecule has 2 N–H and O–H groups in total. The molecule has 0 aromatic heterocycles. The van der Waals surface area contributed by atoms with Crippen molar-refractivity contribution < 1.29 is 4.79 Å². The first-order chi connectivity index (χ1) is 6.11. The van der Waals surface area contributed by atoms with Gasteiger partial charge in [0.1, 0.15) is 0 Å². The van der Waals surface area contributed by atoms with Gasteiger partial charge in [0.05, 0.1) is 0 Å². The van der Waals surface area contributed by atoms with Crippen LogP contribution in [0.5, 0.6) is 0 Å². The molecule has 0 spiro atoms. The van der Waals surface area contributed by atoms with E-state index in [9.17, 15) is 4.79 Å². The van der Waals surface area contributed by atoms with E-state index in [-0.39, 0.29) is 12.1 Å². The standard InChI is InChI=1S/C10H18N2O/c1-6-5-8(6)10(13)12-4-3-9(11)7(12)2/h6-9H,3-5,11H2,1-2H3. The molecule has 0 bridgehead atoms. The lowest BCUT2D eigenvalue weighted by Crippen LogP contribution is -2.41. The number of nitrogens with two attached hydrogens (primary N) is 1. The minimum atomic E-state index is 0.193. The van der Waals surface area contributed by atoms with Crippen molar-refractivity contribution in [3.8, 4) is 0 Å². The topological polar surface area (TPSA) is 46.3 Å². The van der Waals surface area contributed by atoms with Crippen molar-refractivity contribution in [3.63, 3.8) is 0 Å². The van der Waals surface area contributed by atoms with Crippen LogP contribution in [-0.2, 0) is 4.79 Å². The molecule has 4 unspecified atom stereocenters. The van der Waals surface area contributed by atoms with Gasteiger partial charge in [0.2, 0.25) is 5.91 Å². The van der Waals surface area contributed by atoms with Crippen LogP contribution in [0.4, 0.5) is 0 Å². The molecule has 13 heavy (non-hydrogen) atoms. The molecule has 1 saturated carbocycles. The number of amides is 1. The molecule has 74 valence electrons. The number of nitrogens with zero attached hydrogens (tertiary/aromatic N) is 1. The van der Waals surface area contributed by atoms with E-state index in [4.69, 9.17) is 5.73 Å². The zero-order chi connectivity index (χ0) is 9.59. The largest absolute Gasteiger partial charge is 0.338 e. The molecule has 1 aliphatic carbocycles. The Labute approximate surface area is 79.3 Å². The van der Waals surface area contributed by atoms with Crippen molar-refractivity contribution in [2.75, 3.05) is 6.54 Å². The second kappa shape index (κ2) is 2.98. The van der Waals surface area contributed by atoms with Crippen molar-refractivity contribution in [1.82, 2.24) is 4.90 Å². The molecule has 0 radical (unpaired) electrons. The monoisotopic (exact) mass is 182 g/mol. The summed E-state index contributed by atoms with van der Waals surface area (Å²) in [7, 11) is 0. The Bertz CT molecular complexity index is 229. The van der Waals surface area contributed by atoms with Gasteiger partial charge in [-0.3, -0.25) is 4.79 Å². The SMILES string of the molecule is CC1CC1C(=O)N1CCC(N)C1C. The summed E-state index contributed by atoms with van der Waals surface area (Å²) in [5, 5.41) is 0. The fourth-order valence-corrected chi connectivity index (χ4v) is 2.15. The zero-order valence-corrected chi connectivity index (χ0v) is 8.36. The lowest BCUT2D eigenvalue weighted by molar-refractivity contribution is -0.133. The summed E-state index contributed by atoms with van der Waals surface area (Å²) in [6.45, 7) is 5.07. The molecule has 1 heterocycles. The molecule has 1 aliphatic heterocycles. The lowest BCUT2D eigenvalue weighted by Gasteiger charge is -2.23. The third-order valence-electron chi connectivity index (χ3n) is 3.52. The van der Waals surface area contributed by atoms with Crippen molar-refractivity contribution >= 4 is 5.91 Å². The van der Waals surface area contributed by atoms with Crippen LogP contribution in [-0.4, -0.2) is 29.4 Å². The highest BCUT2D eigenvalue weighted by Crippen LogP contribution is 2.40. The van der Waals surface area contributed by atoms with Crippen LogP contribution in [0.3, 0.4) is 0 Å². The molecule has 1 saturated heterocycles. The second-order valence-corrected chi connectivity index (χ2v) is 4.54. The maximum Gasteiger partial charge on any atom is 0.226 e. The van der Waals surface area contributed by atoms with Gasteiger partial charge in [-0.25, -0.2) is 0 Å². The first-order valence-electron chi connectivity index (χ1n) is 5.17. The molecular weight excluding hydrogens is 164 g/mol. The minimum absolute atomic E-state index is 0.193. The van der Waals surface area contributed by atoms with Crippen LogP contribution in [0, 0.1) is 11.8 Å². The van der Waals surface area contributed by atoms with Crippen LogP contribution < -0.4 is 5.73 Å². The Morgan fingerprint density at radius 1 is 1.46 bits per heavy atom. The van der Waals surface area contributed by atoms with Crippen LogP contribution in [0.2, 0.25) is 0 Å². The normalized spacial score (nSPS) is 43.8. The molecule has 0 aromatic carbocycles. The average molecular weight is 182 g/mol. The van der Waals surface area contributed by atoms with Crippen molar-refractivity contribution in [2.45, 2.75) is 38.8 Å². The first kappa shape index (κ1) is 9.00. The number of rotatable bonds is 1. The predicted octanol–water partition coefficient (Wildman–Crippen LogP) is 0.591. The van der Waals surface area contributed by atoms with Gasteiger partial charge in [0.15, 0.2) is 0 Å².